The van der Waals surface area contributed by atoms with Gasteiger partial charge in [-0.15, -0.1) is 0 Å². The van der Waals surface area contributed by atoms with Crippen LogP contribution in [-0.2, 0) is 9.47 Å². The number of phenols is 4. The molecular weight excluding hydrogens is 428 g/mol. The van der Waals surface area contributed by atoms with E-state index in [4.69, 9.17) is 14.2 Å². The number of Topliss-reactive ketones (excluding diaryl/α,β-unsaturated/α-hetero) is 1. The van der Waals surface area contributed by atoms with E-state index in [9.17, 15) is 40.5 Å². The third kappa shape index (κ3) is 4.71. The van der Waals surface area contributed by atoms with Gasteiger partial charge in [-0.25, -0.2) is 0 Å². The molecule has 0 amide bonds. The van der Waals surface area contributed by atoms with E-state index < -0.39 is 60.0 Å². The van der Waals surface area contributed by atoms with Crippen LogP contribution in [-0.4, -0.2) is 72.4 Å². The van der Waals surface area contributed by atoms with E-state index >= 15 is 0 Å². The number of rotatable bonds is 7. The van der Waals surface area contributed by atoms with Gasteiger partial charge in [0.1, 0.15) is 22.8 Å². The van der Waals surface area contributed by atoms with Crippen molar-refractivity contribution in [1.82, 2.24) is 0 Å². The molecule has 11 nitrogen and oxygen atoms in total. The fourth-order valence-electron chi connectivity index (χ4n) is 3.25. The van der Waals surface area contributed by atoms with E-state index in [2.05, 4.69) is 0 Å². The molecule has 1 aliphatic heterocycles. The molecule has 7 N–H and O–H groups in total. The first-order valence-electron chi connectivity index (χ1n) is 9.63. The Hall–Kier alpha value is -3.09. The fraction of sp³-hybridized carbons (Fsp3) is 0.381. The van der Waals surface area contributed by atoms with Gasteiger partial charge < -0.3 is 50.0 Å². The van der Waals surface area contributed by atoms with Gasteiger partial charge in [-0.3, -0.25) is 4.79 Å². The van der Waals surface area contributed by atoms with Crippen LogP contribution in [0.3, 0.4) is 0 Å². The largest absolute Gasteiger partial charge is 0.508 e. The normalized spacial score (nSPS) is 20.2. The summed E-state index contributed by atoms with van der Waals surface area (Å²) < 4.78 is 16.8. The number of carbonyl (C=O) groups excluding carboxylic acids is 1. The molecule has 0 radical (unpaired) electrons. The number of ketones is 1. The number of hydrogen-bond acceptors (Lipinski definition) is 11. The van der Waals surface area contributed by atoms with Gasteiger partial charge in [-0.1, -0.05) is 6.07 Å². The number of hydrogen-bond donors (Lipinski definition) is 7. The lowest BCUT2D eigenvalue weighted by atomic mass is 9.92. The molecule has 0 saturated carbocycles. The SMILES string of the molecule is CC(C)OC(OC1C(=O)c2c(O)cc(O)cc2OC1c1ccc(O)c(O)c1)C(O)C(O)O. The number of phenolic OH excluding ortho intramolecular Hbond substituents is 4. The first-order valence-corrected chi connectivity index (χ1v) is 9.63. The lowest BCUT2D eigenvalue weighted by molar-refractivity contribution is -0.273. The van der Waals surface area contributed by atoms with Crippen LogP contribution in [0.4, 0.5) is 0 Å². The zero-order chi connectivity index (χ0) is 23.7. The predicted octanol–water partition coefficient (Wildman–Crippen LogP) is 0.633. The van der Waals surface area contributed by atoms with Crippen molar-refractivity contribution < 1.29 is 54.8 Å². The van der Waals surface area contributed by atoms with Crippen LogP contribution in [0.15, 0.2) is 30.3 Å². The summed E-state index contributed by atoms with van der Waals surface area (Å²) in [6.45, 7) is 3.18. The summed E-state index contributed by atoms with van der Waals surface area (Å²) in [6.07, 6.45) is -9.37. The van der Waals surface area contributed by atoms with Crippen molar-refractivity contribution in [2.24, 2.45) is 0 Å². The van der Waals surface area contributed by atoms with Gasteiger partial charge in [0.05, 0.1) is 6.10 Å². The minimum Gasteiger partial charge on any atom is -0.508 e. The Kier molecular flexibility index (Phi) is 6.77. The lowest BCUT2D eigenvalue weighted by Gasteiger charge is -2.36. The van der Waals surface area contributed by atoms with Crippen molar-refractivity contribution in [3.8, 4) is 28.7 Å². The molecule has 4 unspecified atom stereocenters. The van der Waals surface area contributed by atoms with E-state index in [1.807, 2.05) is 0 Å². The van der Waals surface area contributed by atoms with Crippen LogP contribution in [0.5, 0.6) is 28.7 Å². The van der Waals surface area contributed by atoms with Crippen molar-refractivity contribution in [3.05, 3.63) is 41.5 Å². The van der Waals surface area contributed by atoms with Gasteiger partial charge in [0.2, 0.25) is 5.78 Å². The number of aromatic hydroxyl groups is 4. The Bertz CT molecular complexity index is 988. The Morgan fingerprint density at radius 1 is 0.938 bits per heavy atom. The van der Waals surface area contributed by atoms with Crippen LogP contribution in [0.25, 0.3) is 0 Å². The lowest BCUT2D eigenvalue weighted by Crippen LogP contribution is -2.48. The van der Waals surface area contributed by atoms with Crippen LogP contribution in [0.1, 0.15) is 35.9 Å². The Morgan fingerprint density at radius 2 is 1.62 bits per heavy atom. The second-order valence-electron chi connectivity index (χ2n) is 7.50. The highest BCUT2D eigenvalue weighted by Gasteiger charge is 2.44. The molecule has 0 bridgehead atoms. The van der Waals surface area contributed by atoms with Crippen molar-refractivity contribution in [2.45, 2.75) is 50.8 Å². The van der Waals surface area contributed by atoms with Gasteiger partial charge in [0, 0.05) is 12.1 Å². The van der Waals surface area contributed by atoms with Crippen LogP contribution in [0.2, 0.25) is 0 Å². The highest BCUT2D eigenvalue weighted by Crippen LogP contribution is 2.44. The summed E-state index contributed by atoms with van der Waals surface area (Å²) >= 11 is 0. The van der Waals surface area contributed by atoms with E-state index in [1.165, 1.54) is 6.07 Å². The molecule has 0 spiro atoms. The average molecular weight is 452 g/mol. The maximum atomic E-state index is 13.3. The first-order chi connectivity index (χ1) is 15.0. The van der Waals surface area contributed by atoms with Gasteiger partial charge in [0.15, 0.2) is 42.4 Å². The van der Waals surface area contributed by atoms with Gasteiger partial charge in [-0.05, 0) is 31.5 Å². The molecule has 1 heterocycles. The Morgan fingerprint density at radius 3 is 2.22 bits per heavy atom. The van der Waals surface area contributed by atoms with Gasteiger partial charge in [0.25, 0.3) is 0 Å². The van der Waals surface area contributed by atoms with Crippen molar-refractivity contribution in [3.63, 3.8) is 0 Å². The summed E-state index contributed by atoms with van der Waals surface area (Å²) in [6, 6.07) is 5.64. The summed E-state index contributed by atoms with van der Waals surface area (Å²) in [5.74, 6) is -2.89. The Labute approximate surface area is 182 Å². The van der Waals surface area contributed by atoms with E-state index in [0.717, 1.165) is 24.3 Å². The van der Waals surface area contributed by atoms with Crippen LogP contribution < -0.4 is 4.74 Å². The van der Waals surface area contributed by atoms with E-state index in [-0.39, 0.29) is 22.6 Å². The molecule has 32 heavy (non-hydrogen) atoms. The molecule has 0 aromatic heterocycles. The molecule has 3 rings (SSSR count). The zero-order valence-electron chi connectivity index (χ0n) is 17.1. The average Bonchev–Trinajstić information content (AvgIpc) is 2.69. The molecular formula is C21H24O11. The molecule has 4 atom stereocenters. The van der Waals surface area contributed by atoms with Gasteiger partial charge in [-0.2, -0.15) is 0 Å². The monoisotopic (exact) mass is 452 g/mol. The Balaban J connectivity index is 2.09. The highest BCUT2D eigenvalue weighted by atomic mass is 16.7. The van der Waals surface area contributed by atoms with E-state index in [0.29, 0.717) is 0 Å². The number of fused-ring (bicyclic) bond motifs is 1. The highest BCUT2D eigenvalue weighted by molar-refractivity contribution is 6.05. The topological polar surface area (TPSA) is 186 Å². The molecule has 2 aromatic rings. The van der Waals surface area contributed by atoms with E-state index in [1.54, 1.807) is 13.8 Å². The summed E-state index contributed by atoms with van der Waals surface area (Å²) in [4.78, 5) is 13.3. The maximum absolute atomic E-state index is 13.3. The molecule has 0 fully saturated rings. The third-order valence-corrected chi connectivity index (χ3v) is 4.70. The fourth-order valence-corrected chi connectivity index (χ4v) is 3.25. The minimum atomic E-state index is -2.26. The maximum Gasteiger partial charge on any atom is 0.203 e. The molecule has 174 valence electrons. The number of ether oxygens (including phenoxy) is 3. The molecule has 0 saturated heterocycles. The number of benzene rings is 2. The quantitative estimate of drug-likeness (QED) is 0.231. The number of aliphatic hydroxyl groups excluding tert-OH is 2. The third-order valence-electron chi connectivity index (χ3n) is 4.70. The second-order valence-corrected chi connectivity index (χ2v) is 7.50. The van der Waals surface area contributed by atoms with Crippen LogP contribution >= 0.6 is 0 Å². The summed E-state index contributed by atoms with van der Waals surface area (Å²) in [5, 5.41) is 68.3. The molecule has 1 aliphatic rings. The molecule has 0 aliphatic carbocycles. The molecule has 11 heteroatoms. The second kappa shape index (κ2) is 9.18. The van der Waals surface area contributed by atoms with Crippen molar-refractivity contribution >= 4 is 5.78 Å². The summed E-state index contributed by atoms with van der Waals surface area (Å²) in [7, 11) is 0. The standard InChI is InChI=1S/C21H24O11/c1-8(2)30-21(17(27)20(28)29)32-19-16(26)15-13(25)6-10(22)7-14(15)31-18(19)9-3-4-11(23)12(24)5-9/h3-8,17-25,27-29H,1-2H3. The summed E-state index contributed by atoms with van der Waals surface area (Å²) in [5.41, 5.74) is -0.149. The minimum absolute atomic E-state index is 0.162. The van der Waals surface area contributed by atoms with Gasteiger partial charge >= 0.3 is 0 Å². The zero-order valence-corrected chi connectivity index (χ0v) is 17.1. The van der Waals surface area contributed by atoms with Crippen LogP contribution in [0, 0.1) is 0 Å². The predicted molar refractivity (Wildman–Crippen MR) is 106 cm³/mol. The van der Waals surface area contributed by atoms with Crippen molar-refractivity contribution in [2.75, 3.05) is 0 Å². The van der Waals surface area contributed by atoms with Crippen molar-refractivity contribution in [1.29, 1.82) is 0 Å². The first kappa shape index (κ1) is 23.6. The number of aliphatic hydroxyl groups is 3. The molecule has 2 aromatic carbocycles. The number of carbonyl (C=O) groups is 1. The smallest absolute Gasteiger partial charge is 0.203 e.